The molecule has 0 saturated carbocycles. The van der Waals surface area contributed by atoms with E-state index in [4.69, 9.17) is 4.84 Å². The lowest BCUT2D eigenvalue weighted by Crippen LogP contribution is -2.16. The van der Waals surface area contributed by atoms with Crippen LogP contribution in [0.15, 0.2) is 48.8 Å². The predicted octanol–water partition coefficient (Wildman–Crippen LogP) is 2.84. The summed E-state index contributed by atoms with van der Waals surface area (Å²) in [5.41, 5.74) is 2.02. The van der Waals surface area contributed by atoms with Crippen LogP contribution in [0, 0.1) is 0 Å². The highest BCUT2D eigenvalue weighted by atomic mass is 16.7. The number of rotatable bonds is 2. The molecule has 1 saturated heterocycles. The molecule has 1 aliphatic heterocycles. The number of para-hydroxylation sites is 1. The molecule has 0 spiro atoms. The highest BCUT2D eigenvalue weighted by Gasteiger charge is 2.34. The highest BCUT2D eigenvalue weighted by molar-refractivity contribution is 5.35. The molecule has 2 atom stereocenters. The second-order valence-corrected chi connectivity index (χ2v) is 4.73. The molecule has 1 aromatic carbocycles. The summed E-state index contributed by atoms with van der Waals surface area (Å²) < 4.78 is 0. The first-order chi connectivity index (χ1) is 9.25. The van der Waals surface area contributed by atoms with Gasteiger partial charge in [-0.1, -0.05) is 18.2 Å². The average Bonchev–Trinajstić information content (AvgIpc) is 2.82. The van der Waals surface area contributed by atoms with Crippen LogP contribution in [0.2, 0.25) is 0 Å². The van der Waals surface area contributed by atoms with Crippen molar-refractivity contribution in [3.05, 3.63) is 59.9 Å². The van der Waals surface area contributed by atoms with Gasteiger partial charge in [0.2, 0.25) is 0 Å². The number of hydrogen-bond donors (Lipinski definition) is 1. The molecule has 1 aliphatic rings. The van der Waals surface area contributed by atoms with Crippen LogP contribution in [0.4, 0.5) is 0 Å². The van der Waals surface area contributed by atoms with Gasteiger partial charge in [-0.25, -0.2) is 0 Å². The molecular weight excluding hydrogens is 240 g/mol. The van der Waals surface area contributed by atoms with Gasteiger partial charge in [0.15, 0.2) is 0 Å². The molecule has 19 heavy (non-hydrogen) atoms. The zero-order valence-electron chi connectivity index (χ0n) is 10.7. The van der Waals surface area contributed by atoms with E-state index >= 15 is 0 Å². The summed E-state index contributed by atoms with van der Waals surface area (Å²) in [5.74, 6) is 0.318. The van der Waals surface area contributed by atoms with Crippen molar-refractivity contribution in [3.63, 3.8) is 0 Å². The molecule has 0 amide bonds. The Balaban J connectivity index is 1.85. The number of pyridine rings is 1. The van der Waals surface area contributed by atoms with Crippen molar-refractivity contribution < 1.29 is 9.94 Å². The van der Waals surface area contributed by atoms with E-state index in [2.05, 4.69) is 4.98 Å². The third-order valence-corrected chi connectivity index (χ3v) is 3.54. The smallest absolute Gasteiger partial charge is 0.120 e. The molecule has 2 aromatic rings. The van der Waals surface area contributed by atoms with Crippen LogP contribution >= 0.6 is 0 Å². The molecule has 0 aliphatic carbocycles. The summed E-state index contributed by atoms with van der Waals surface area (Å²) in [6.45, 7) is 0. The lowest BCUT2D eigenvalue weighted by atomic mass is 9.98. The maximum atomic E-state index is 9.95. The number of phenols is 1. The fraction of sp³-hybridized carbons (Fsp3) is 0.267. The summed E-state index contributed by atoms with van der Waals surface area (Å²) in [4.78, 5) is 9.88. The molecule has 0 radical (unpaired) electrons. The van der Waals surface area contributed by atoms with Crippen molar-refractivity contribution in [2.75, 3.05) is 7.05 Å². The van der Waals surface area contributed by atoms with Crippen molar-refractivity contribution in [1.82, 2.24) is 10.0 Å². The highest BCUT2D eigenvalue weighted by Crippen LogP contribution is 2.42. The Morgan fingerprint density at radius 1 is 1.21 bits per heavy atom. The number of hydrogen-bond acceptors (Lipinski definition) is 4. The first-order valence-corrected chi connectivity index (χ1v) is 6.33. The molecular formula is C15H16N2O2. The van der Waals surface area contributed by atoms with Crippen LogP contribution in [0.5, 0.6) is 5.75 Å². The van der Waals surface area contributed by atoms with Crippen molar-refractivity contribution in [2.24, 2.45) is 0 Å². The second kappa shape index (κ2) is 4.99. The number of benzene rings is 1. The molecule has 98 valence electrons. The largest absolute Gasteiger partial charge is 0.508 e. The zero-order valence-corrected chi connectivity index (χ0v) is 10.7. The van der Waals surface area contributed by atoms with Gasteiger partial charge in [0.05, 0.1) is 6.04 Å². The van der Waals surface area contributed by atoms with E-state index in [0.717, 1.165) is 17.5 Å². The van der Waals surface area contributed by atoms with E-state index in [1.54, 1.807) is 18.5 Å². The van der Waals surface area contributed by atoms with Crippen LogP contribution in [0.3, 0.4) is 0 Å². The van der Waals surface area contributed by atoms with E-state index in [1.807, 2.05) is 42.4 Å². The van der Waals surface area contributed by atoms with Gasteiger partial charge in [-0.15, -0.1) is 0 Å². The number of aromatic hydroxyl groups is 1. The minimum absolute atomic E-state index is 0.0117. The van der Waals surface area contributed by atoms with Crippen LogP contribution < -0.4 is 0 Å². The van der Waals surface area contributed by atoms with E-state index in [0.29, 0.717) is 5.75 Å². The summed E-state index contributed by atoms with van der Waals surface area (Å²) >= 11 is 0. The van der Waals surface area contributed by atoms with Crippen LogP contribution in [-0.2, 0) is 4.84 Å². The summed E-state index contributed by atoms with van der Waals surface area (Å²) in [7, 11) is 1.90. The number of hydroxylamine groups is 2. The normalized spacial score (nSPS) is 23.6. The SMILES string of the molecule is CN1OC(c2ccncc2)CC1c1ccccc1O. The molecule has 3 rings (SSSR count). The van der Waals surface area contributed by atoms with Crippen LogP contribution in [0.1, 0.15) is 29.7 Å². The third-order valence-electron chi connectivity index (χ3n) is 3.54. The maximum absolute atomic E-state index is 9.95. The number of nitrogens with zero attached hydrogens (tertiary/aromatic N) is 2. The van der Waals surface area contributed by atoms with Gasteiger partial charge < -0.3 is 5.11 Å². The fourth-order valence-corrected chi connectivity index (χ4v) is 2.54. The van der Waals surface area contributed by atoms with E-state index in [1.165, 1.54) is 0 Å². The van der Waals surface area contributed by atoms with E-state index in [-0.39, 0.29) is 12.1 Å². The molecule has 2 heterocycles. The summed E-state index contributed by atoms with van der Waals surface area (Å²) in [5, 5.41) is 11.8. The second-order valence-electron chi connectivity index (χ2n) is 4.73. The quantitative estimate of drug-likeness (QED) is 0.897. The van der Waals surface area contributed by atoms with Crippen molar-refractivity contribution >= 4 is 0 Å². The molecule has 0 bridgehead atoms. The first kappa shape index (κ1) is 12.1. The van der Waals surface area contributed by atoms with Crippen molar-refractivity contribution in [3.8, 4) is 5.75 Å². The van der Waals surface area contributed by atoms with E-state index in [9.17, 15) is 5.11 Å². The Kier molecular flexibility index (Phi) is 3.19. The molecule has 4 heteroatoms. The van der Waals surface area contributed by atoms with E-state index < -0.39 is 0 Å². The third kappa shape index (κ3) is 2.32. The monoisotopic (exact) mass is 256 g/mol. The standard InChI is InChI=1S/C15H16N2O2/c1-17-13(12-4-2-3-5-14(12)18)10-15(19-17)11-6-8-16-9-7-11/h2-9,13,15,18H,10H2,1H3. The Hall–Kier alpha value is -1.91. The van der Waals surface area contributed by atoms with Crippen molar-refractivity contribution in [2.45, 2.75) is 18.6 Å². The van der Waals surface area contributed by atoms with Crippen LogP contribution in [-0.4, -0.2) is 22.2 Å². The average molecular weight is 256 g/mol. The zero-order chi connectivity index (χ0) is 13.2. The lowest BCUT2D eigenvalue weighted by Gasteiger charge is -2.18. The van der Waals surface area contributed by atoms with Crippen molar-refractivity contribution in [1.29, 1.82) is 0 Å². The molecule has 1 N–H and O–H groups in total. The Bertz CT molecular complexity index is 559. The van der Waals surface area contributed by atoms with Gasteiger partial charge in [-0.3, -0.25) is 9.82 Å². The van der Waals surface area contributed by atoms with Gasteiger partial charge in [0.25, 0.3) is 0 Å². The summed E-state index contributed by atoms with van der Waals surface area (Å²) in [6.07, 6.45) is 4.37. The predicted molar refractivity (Wildman–Crippen MR) is 71.3 cm³/mol. The first-order valence-electron chi connectivity index (χ1n) is 6.33. The number of aromatic nitrogens is 1. The lowest BCUT2D eigenvalue weighted by molar-refractivity contribution is -0.146. The van der Waals surface area contributed by atoms with Gasteiger partial charge in [-0.05, 0) is 23.8 Å². The minimum Gasteiger partial charge on any atom is -0.508 e. The Labute approximate surface area is 112 Å². The summed E-state index contributed by atoms with van der Waals surface area (Å²) in [6, 6.07) is 11.4. The fourth-order valence-electron chi connectivity index (χ4n) is 2.54. The Morgan fingerprint density at radius 2 is 1.95 bits per heavy atom. The molecule has 1 fully saturated rings. The molecule has 4 nitrogen and oxygen atoms in total. The topological polar surface area (TPSA) is 45.6 Å². The van der Waals surface area contributed by atoms with Gasteiger partial charge in [0.1, 0.15) is 11.9 Å². The van der Waals surface area contributed by atoms with Gasteiger partial charge in [0, 0.05) is 31.4 Å². The number of phenolic OH excluding ortho intramolecular Hbond substituents is 1. The van der Waals surface area contributed by atoms with Gasteiger partial charge in [-0.2, -0.15) is 5.06 Å². The molecule has 1 aromatic heterocycles. The Morgan fingerprint density at radius 3 is 2.68 bits per heavy atom. The van der Waals surface area contributed by atoms with Gasteiger partial charge >= 0.3 is 0 Å². The molecule has 2 unspecified atom stereocenters. The minimum atomic E-state index is 0.0117. The maximum Gasteiger partial charge on any atom is 0.120 e. The van der Waals surface area contributed by atoms with Crippen LogP contribution in [0.25, 0.3) is 0 Å².